The molecule has 0 saturated heterocycles. The number of benzene rings is 7. The van der Waals surface area contributed by atoms with E-state index in [0.29, 0.717) is 17.5 Å². The maximum Gasteiger partial charge on any atom is 0.164 e. The molecule has 0 N–H and O–H groups in total. The highest BCUT2D eigenvalue weighted by Gasteiger charge is 2.53. The molecule has 0 fully saturated rings. The number of hydrogen-bond donors (Lipinski definition) is 0. The summed E-state index contributed by atoms with van der Waals surface area (Å²) in [4.78, 5) is 15.7. The summed E-state index contributed by atoms with van der Waals surface area (Å²) < 4.78 is 2.50. The van der Waals surface area contributed by atoms with Crippen LogP contribution in [-0.4, -0.2) is 27.6 Å². The van der Waals surface area contributed by atoms with E-state index in [1.807, 2.05) is 30.3 Å². The van der Waals surface area contributed by atoms with E-state index in [4.69, 9.17) is 15.0 Å². The van der Waals surface area contributed by atoms with Gasteiger partial charge in [0.1, 0.15) is 8.07 Å². The molecule has 0 amide bonds. The topological polar surface area (TPSA) is 43.6 Å². The van der Waals surface area contributed by atoms with Crippen LogP contribution in [0.3, 0.4) is 0 Å². The van der Waals surface area contributed by atoms with Gasteiger partial charge in [-0.05, 0) is 58.5 Å². The number of rotatable bonds is 6. The van der Waals surface area contributed by atoms with Gasteiger partial charge < -0.3 is 4.57 Å². The predicted molar refractivity (Wildman–Crippen MR) is 251 cm³/mol. The van der Waals surface area contributed by atoms with Crippen LogP contribution in [0.5, 0.6) is 0 Å². The Bertz CT molecular complexity index is 3250. The SMILES string of the molecule is C=C/C=C\C1=C(C)[Si](C)(C)c2ccc(-c3nc(-c4ccccc4)nc(-c4ccc(-c5ccccc5)cc4)n3)cc2C12c1ccccc1-n1c3ccccc3c3cccc2c31. The zero-order valence-corrected chi connectivity index (χ0v) is 34.9. The van der Waals surface area contributed by atoms with Crippen molar-refractivity contribution in [3.63, 3.8) is 0 Å². The quantitative estimate of drug-likeness (QED) is 0.125. The minimum Gasteiger partial charge on any atom is -0.309 e. The van der Waals surface area contributed by atoms with E-state index in [1.54, 1.807) is 0 Å². The Morgan fingerprint density at radius 2 is 1.08 bits per heavy atom. The maximum atomic E-state index is 5.30. The molecule has 2 aromatic heterocycles. The van der Waals surface area contributed by atoms with Crippen molar-refractivity contribution < 1.29 is 0 Å². The van der Waals surface area contributed by atoms with Crippen molar-refractivity contribution in [2.45, 2.75) is 25.4 Å². The van der Waals surface area contributed by atoms with Gasteiger partial charge in [0.2, 0.25) is 0 Å². The van der Waals surface area contributed by atoms with Crippen LogP contribution in [0.1, 0.15) is 23.6 Å². The second-order valence-corrected chi connectivity index (χ2v) is 21.0. The van der Waals surface area contributed by atoms with E-state index in [2.05, 4.69) is 189 Å². The van der Waals surface area contributed by atoms with Crippen molar-refractivity contribution in [3.05, 3.63) is 222 Å². The van der Waals surface area contributed by atoms with Crippen LogP contribution >= 0.6 is 0 Å². The first kappa shape index (κ1) is 35.9. The Morgan fingerprint density at radius 3 is 1.82 bits per heavy atom. The van der Waals surface area contributed by atoms with Crippen LogP contribution in [0.25, 0.3) is 72.8 Å². The van der Waals surface area contributed by atoms with Crippen molar-refractivity contribution in [2.75, 3.05) is 0 Å². The first-order valence-corrected chi connectivity index (χ1v) is 23.7. The van der Waals surface area contributed by atoms with E-state index in [0.717, 1.165) is 22.3 Å². The van der Waals surface area contributed by atoms with Gasteiger partial charge in [-0.1, -0.05) is 200 Å². The van der Waals surface area contributed by atoms with Gasteiger partial charge in [0.15, 0.2) is 17.5 Å². The highest BCUT2D eigenvalue weighted by atomic mass is 28.3. The second-order valence-electron chi connectivity index (χ2n) is 16.5. The van der Waals surface area contributed by atoms with Gasteiger partial charge >= 0.3 is 0 Å². The molecule has 4 nitrogen and oxygen atoms in total. The molecule has 11 rings (SSSR count). The number of allylic oxidation sites excluding steroid dienone is 5. The second kappa shape index (κ2) is 13.7. The van der Waals surface area contributed by atoms with E-state index >= 15 is 0 Å². The number of nitrogens with zero attached hydrogens (tertiary/aromatic N) is 4. The standard InChI is InChI=1S/C55H42N4Si/c1-5-6-24-44-36(2)60(3,4)50-34-33-41(54-57-52(39-20-11-8-12-21-39)56-53(58-54)40-31-29-38(30-32-40)37-18-9-7-10-19-37)35-47(50)55(44)45-25-14-16-28-49(45)59-48-27-15-13-22-42(48)43-23-17-26-46(55)51(43)59/h5-35H,1H2,2-4H3/b24-6-. The molecule has 0 aliphatic carbocycles. The normalized spacial score (nSPS) is 16.4. The fourth-order valence-corrected chi connectivity index (χ4v) is 12.8. The molecule has 2 aliphatic heterocycles. The lowest BCUT2D eigenvalue weighted by atomic mass is 9.62. The lowest BCUT2D eigenvalue weighted by Crippen LogP contribution is -2.55. The third kappa shape index (κ3) is 5.19. The highest BCUT2D eigenvalue weighted by molar-refractivity contribution is 6.96. The Balaban J connectivity index is 1.20. The summed E-state index contributed by atoms with van der Waals surface area (Å²) in [6, 6.07) is 61.1. The molecule has 286 valence electrons. The summed E-state index contributed by atoms with van der Waals surface area (Å²) in [6.07, 6.45) is 6.37. The Kier molecular flexibility index (Phi) is 8.19. The summed E-state index contributed by atoms with van der Waals surface area (Å²) in [5.74, 6) is 1.94. The van der Waals surface area contributed by atoms with Crippen molar-refractivity contribution in [2.24, 2.45) is 0 Å². The van der Waals surface area contributed by atoms with Gasteiger partial charge in [0.05, 0.1) is 22.1 Å². The highest BCUT2D eigenvalue weighted by Crippen LogP contribution is 2.57. The fraction of sp³-hybridized carbons (Fsp3) is 0.0727. The van der Waals surface area contributed by atoms with Crippen molar-refractivity contribution in [1.29, 1.82) is 0 Å². The molecule has 60 heavy (non-hydrogen) atoms. The van der Waals surface area contributed by atoms with Gasteiger partial charge in [0, 0.05) is 27.5 Å². The summed E-state index contributed by atoms with van der Waals surface area (Å²) >= 11 is 0. The molecule has 0 saturated carbocycles. The van der Waals surface area contributed by atoms with Crippen LogP contribution in [0.15, 0.2) is 205 Å². The largest absolute Gasteiger partial charge is 0.309 e. The molecule has 1 unspecified atom stereocenters. The summed E-state index contributed by atoms with van der Waals surface area (Å²) in [5.41, 5.74) is 13.3. The van der Waals surface area contributed by atoms with Gasteiger partial charge in [0.25, 0.3) is 0 Å². The lowest BCUT2D eigenvalue weighted by molar-refractivity contribution is 0.721. The minimum atomic E-state index is -2.22. The van der Waals surface area contributed by atoms with Gasteiger partial charge in [-0.25, -0.2) is 15.0 Å². The van der Waals surface area contributed by atoms with E-state index in [-0.39, 0.29) is 0 Å². The zero-order chi connectivity index (χ0) is 40.6. The molecule has 2 aliphatic rings. The Morgan fingerprint density at radius 1 is 0.533 bits per heavy atom. The molecule has 5 heteroatoms. The van der Waals surface area contributed by atoms with Gasteiger partial charge in [-0.2, -0.15) is 0 Å². The molecular weight excluding hydrogens is 745 g/mol. The van der Waals surface area contributed by atoms with Gasteiger partial charge in [-0.3, -0.25) is 0 Å². The monoisotopic (exact) mass is 786 g/mol. The zero-order valence-electron chi connectivity index (χ0n) is 33.9. The predicted octanol–water partition coefficient (Wildman–Crippen LogP) is 12.8. The van der Waals surface area contributed by atoms with E-state index in [9.17, 15) is 0 Å². The van der Waals surface area contributed by atoms with Crippen LogP contribution < -0.4 is 5.19 Å². The number of aromatic nitrogens is 4. The van der Waals surface area contributed by atoms with Crippen molar-refractivity contribution in [1.82, 2.24) is 19.5 Å². The summed E-state index contributed by atoms with van der Waals surface area (Å²) in [7, 11) is -2.22. The lowest BCUT2D eigenvalue weighted by Gasteiger charge is -2.50. The first-order valence-electron chi connectivity index (χ1n) is 20.7. The van der Waals surface area contributed by atoms with Crippen molar-refractivity contribution >= 4 is 35.1 Å². The van der Waals surface area contributed by atoms with Gasteiger partial charge in [-0.15, -0.1) is 0 Å². The van der Waals surface area contributed by atoms with E-state index in [1.165, 1.54) is 65.7 Å². The fourth-order valence-electron chi connectivity index (χ4n) is 9.99. The smallest absolute Gasteiger partial charge is 0.164 e. The maximum absolute atomic E-state index is 5.30. The molecule has 7 aromatic carbocycles. The Labute approximate surface area is 351 Å². The molecule has 0 radical (unpaired) electrons. The van der Waals surface area contributed by atoms with Crippen molar-refractivity contribution in [3.8, 4) is 51.0 Å². The van der Waals surface area contributed by atoms with E-state index < -0.39 is 13.5 Å². The molecule has 0 bridgehead atoms. The minimum absolute atomic E-state index is 0.636. The van der Waals surface area contributed by atoms with Crippen LogP contribution in [-0.2, 0) is 5.41 Å². The average molecular weight is 787 g/mol. The first-order chi connectivity index (χ1) is 29.4. The third-order valence-electron chi connectivity index (χ3n) is 13.1. The molecular formula is C55H42N4Si. The Hall–Kier alpha value is -7.21. The molecule has 4 heterocycles. The molecule has 1 atom stereocenters. The molecule has 9 aromatic rings. The number of para-hydroxylation sites is 3. The molecule has 1 spiro atoms. The average Bonchev–Trinajstić information content (AvgIpc) is 3.65. The third-order valence-corrected chi connectivity index (χ3v) is 17.0. The van der Waals surface area contributed by atoms with Crippen LogP contribution in [0.2, 0.25) is 13.1 Å². The van der Waals surface area contributed by atoms with Crippen LogP contribution in [0.4, 0.5) is 0 Å². The van der Waals surface area contributed by atoms with Crippen LogP contribution in [0, 0.1) is 0 Å². The number of hydrogen-bond acceptors (Lipinski definition) is 3. The summed E-state index contributed by atoms with van der Waals surface area (Å²) in [5, 5.41) is 5.40. The summed E-state index contributed by atoms with van der Waals surface area (Å²) in [6.45, 7) is 11.5. The number of fused-ring (bicyclic) bond motifs is 9.